The standard InChI is InChI=1S/C11H14ClF2NO2/c1-6(11(13)14)15-8-5-9(16-2)7(12)4-10(8)17-3/h4-6,11,15H,1-3H3. The minimum atomic E-state index is -2.47. The third kappa shape index (κ3) is 3.36. The van der Waals surface area contributed by atoms with Crippen LogP contribution in [0.1, 0.15) is 6.92 Å². The highest BCUT2D eigenvalue weighted by Crippen LogP contribution is 2.36. The smallest absolute Gasteiger partial charge is 0.258 e. The molecule has 1 N–H and O–H groups in total. The number of rotatable bonds is 5. The van der Waals surface area contributed by atoms with Gasteiger partial charge in [0.25, 0.3) is 6.43 Å². The average molecular weight is 266 g/mol. The lowest BCUT2D eigenvalue weighted by Crippen LogP contribution is -2.24. The van der Waals surface area contributed by atoms with Gasteiger partial charge in [0.15, 0.2) is 0 Å². The zero-order valence-electron chi connectivity index (χ0n) is 9.76. The van der Waals surface area contributed by atoms with Crippen molar-refractivity contribution in [2.75, 3.05) is 19.5 Å². The van der Waals surface area contributed by atoms with E-state index in [-0.39, 0.29) is 0 Å². The number of benzene rings is 1. The van der Waals surface area contributed by atoms with Gasteiger partial charge in [0, 0.05) is 12.1 Å². The topological polar surface area (TPSA) is 30.5 Å². The Morgan fingerprint density at radius 3 is 2.24 bits per heavy atom. The zero-order valence-corrected chi connectivity index (χ0v) is 10.5. The molecule has 3 nitrogen and oxygen atoms in total. The van der Waals surface area contributed by atoms with Crippen LogP contribution in [0.4, 0.5) is 14.5 Å². The quantitative estimate of drug-likeness (QED) is 0.885. The first-order chi connectivity index (χ1) is 7.99. The van der Waals surface area contributed by atoms with Gasteiger partial charge in [0.1, 0.15) is 11.5 Å². The summed E-state index contributed by atoms with van der Waals surface area (Å²) in [5.41, 5.74) is 0.418. The Kier molecular flexibility index (Phi) is 4.81. The molecule has 1 unspecified atom stereocenters. The number of alkyl halides is 2. The molecule has 0 aromatic heterocycles. The molecule has 0 fully saturated rings. The van der Waals surface area contributed by atoms with Crippen molar-refractivity contribution in [1.82, 2.24) is 0 Å². The molecule has 0 spiro atoms. The SMILES string of the molecule is COc1cc(NC(C)C(F)F)c(OC)cc1Cl. The molecule has 96 valence electrons. The summed E-state index contributed by atoms with van der Waals surface area (Å²) >= 11 is 5.90. The number of methoxy groups -OCH3 is 2. The number of ether oxygens (including phenoxy) is 2. The van der Waals surface area contributed by atoms with E-state index in [1.54, 1.807) is 0 Å². The molecule has 0 bridgehead atoms. The van der Waals surface area contributed by atoms with Crippen LogP contribution in [-0.2, 0) is 0 Å². The fraction of sp³-hybridized carbons (Fsp3) is 0.455. The Morgan fingerprint density at radius 1 is 1.18 bits per heavy atom. The normalized spacial score (nSPS) is 12.4. The highest BCUT2D eigenvalue weighted by Gasteiger charge is 2.17. The van der Waals surface area contributed by atoms with E-state index < -0.39 is 12.5 Å². The van der Waals surface area contributed by atoms with Gasteiger partial charge in [0.05, 0.1) is 31.0 Å². The number of hydrogen-bond acceptors (Lipinski definition) is 3. The second kappa shape index (κ2) is 5.91. The van der Waals surface area contributed by atoms with Gasteiger partial charge in [0.2, 0.25) is 0 Å². The van der Waals surface area contributed by atoms with Gasteiger partial charge in [-0.15, -0.1) is 0 Å². The molecular formula is C11H14ClF2NO2. The molecule has 17 heavy (non-hydrogen) atoms. The van der Waals surface area contributed by atoms with Crippen LogP contribution >= 0.6 is 11.6 Å². The zero-order chi connectivity index (χ0) is 13.0. The number of halogens is 3. The van der Waals surface area contributed by atoms with Gasteiger partial charge < -0.3 is 14.8 Å². The maximum atomic E-state index is 12.5. The van der Waals surface area contributed by atoms with Crippen molar-refractivity contribution in [2.45, 2.75) is 19.4 Å². The first-order valence-corrected chi connectivity index (χ1v) is 5.33. The van der Waals surface area contributed by atoms with E-state index in [9.17, 15) is 8.78 Å². The fourth-order valence-electron chi connectivity index (χ4n) is 1.28. The summed E-state index contributed by atoms with van der Waals surface area (Å²) in [7, 11) is 2.89. The van der Waals surface area contributed by atoms with E-state index in [1.165, 1.54) is 33.3 Å². The van der Waals surface area contributed by atoms with E-state index >= 15 is 0 Å². The van der Waals surface area contributed by atoms with Crippen LogP contribution in [0, 0.1) is 0 Å². The summed E-state index contributed by atoms with van der Waals surface area (Å²) in [4.78, 5) is 0. The van der Waals surface area contributed by atoms with Crippen molar-refractivity contribution in [3.8, 4) is 11.5 Å². The molecule has 0 heterocycles. The maximum absolute atomic E-state index is 12.5. The Bertz CT molecular complexity index is 388. The fourth-order valence-corrected chi connectivity index (χ4v) is 1.51. The molecule has 0 amide bonds. The van der Waals surface area contributed by atoms with Crippen molar-refractivity contribution in [3.63, 3.8) is 0 Å². The first-order valence-electron chi connectivity index (χ1n) is 4.95. The molecule has 0 aliphatic carbocycles. The average Bonchev–Trinajstić information content (AvgIpc) is 2.30. The number of anilines is 1. The largest absolute Gasteiger partial charge is 0.495 e. The summed E-state index contributed by atoms with van der Waals surface area (Å²) in [5, 5.41) is 3.01. The second-order valence-corrected chi connectivity index (χ2v) is 3.86. The van der Waals surface area contributed by atoms with Crippen LogP contribution in [0.5, 0.6) is 11.5 Å². The second-order valence-electron chi connectivity index (χ2n) is 3.45. The lowest BCUT2D eigenvalue weighted by Gasteiger charge is -2.18. The molecule has 1 atom stereocenters. The van der Waals surface area contributed by atoms with Crippen LogP contribution in [0.15, 0.2) is 12.1 Å². The minimum Gasteiger partial charge on any atom is -0.495 e. The van der Waals surface area contributed by atoms with E-state index in [2.05, 4.69) is 5.32 Å². The van der Waals surface area contributed by atoms with Crippen LogP contribution in [0.25, 0.3) is 0 Å². The molecule has 0 saturated carbocycles. The van der Waals surface area contributed by atoms with Crippen molar-refractivity contribution in [3.05, 3.63) is 17.2 Å². The monoisotopic (exact) mass is 265 g/mol. The van der Waals surface area contributed by atoms with Gasteiger partial charge >= 0.3 is 0 Å². The van der Waals surface area contributed by atoms with Crippen LogP contribution < -0.4 is 14.8 Å². The summed E-state index contributed by atoms with van der Waals surface area (Å²) in [6.45, 7) is 1.38. The van der Waals surface area contributed by atoms with Gasteiger partial charge in [-0.05, 0) is 6.92 Å². The van der Waals surface area contributed by atoms with Crippen molar-refractivity contribution in [2.24, 2.45) is 0 Å². The molecule has 0 aliphatic heterocycles. The van der Waals surface area contributed by atoms with Crippen LogP contribution in [-0.4, -0.2) is 26.7 Å². The third-order valence-corrected chi connectivity index (χ3v) is 2.53. The van der Waals surface area contributed by atoms with Crippen molar-refractivity contribution < 1.29 is 18.3 Å². The van der Waals surface area contributed by atoms with Crippen LogP contribution in [0.2, 0.25) is 5.02 Å². The highest BCUT2D eigenvalue weighted by atomic mass is 35.5. The van der Waals surface area contributed by atoms with E-state index in [0.29, 0.717) is 22.2 Å². The van der Waals surface area contributed by atoms with E-state index in [1.807, 2.05) is 0 Å². The molecule has 1 aromatic carbocycles. The molecular weight excluding hydrogens is 252 g/mol. The number of nitrogens with one attached hydrogen (secondary N) is 1. The van der Waals surface area contributed by atoms with Crippen LogP contribution in [0.3, 0.4) is 0 Å². The minimum absolute atomic E-state index is 0.361. The Hall–Kier alpha value is -1.23. The highest BCUT2D eigenvalue weighted by molar-refractivity contribution is 6.32. The molecule has 0 radical (unpaired) electrons. The summed E-state index contributed by atoms with van der Waals surface area (Å²) in [5.74, 6) is 0.791. The maximum Gasteiger partial charge on any atom is 0.258 e. The molecule has 0 saturated heterocycles. The summed E-state index contributed by atoms with van der Waals surface area (Å²) in [6, 6.07) is 2.05. The van der Waals surface area contributed by atoms with Gasteiger partial charge in [-0.3, -0.25) is 0 Å². The number of hydrogen-bond donors (Lipinski definition) is 1. The summed E-state index contributed by atoms with van der Waals surface area (Å²) in [6.07, 6.45) is -2.47. The van der Waals surface area contributed by atoms with E-state index in [0.717, 1.165) is 0 Å². The Morgan fingerprint density at radius 2 is 1.76 bits per heavy atom. The van der Waals surface area contributed by atoms with E-state index in [4.69, 9.17) is 21.1 Å². The molecule has 1 rings (SSSR count). The van der Waals surface area contributed by atoms with Gasteiger partial charge in [-0.2, -0.15) is 0 Å². The Labute approximate surface area is 104 Å². The molecule has 0 aliphatic rings. The van der Waals surface area contributed by atoms with Gasteiger partial charge in [-0.1, -0.05) is 11.6 Å². The predicted octanol–water partition coefficient (Wildman–Crippen LogP) is 3.42. The lowest BCUT2D eigenvalue weighted by molar-refractivity contribution is 0.130. The first kappa shape index (κ1) is 13.8. The van der Waals surface area contributed by atoms with Crippen molar-refractivity contribution >= 4 is 17.3 Å². The lowest BCUT2D eigenvalue weighted by atomic mass is 10.2. The molecule has 1 aromatic rings. The third-order valence-electron chi connectivity index (χ3n) is 2.24. The predicted molar refractivity (Wildman–Crippen MR) is 63.6 cm³/mol. The summed E-state index contributed by atoms with van der Waals surface area (Å²) < 4.78 is 35.0. The van der Waals surface area contributed by atoms with Gasteiger partial charge in [-0.25, -0.2) is 8.78 Å². The molecule has 6 heteroatoms. The Balaban J connectivity index is 3.04. The van der Waals surface area contributed by atoms with Crippen molar-refractivity contribution in [1.29, 1.82) is 0 Å².